The lowest BCUT2D eigenvalue weighted by atomic mass is 10.1. The van der Waals surface area contributed by atoms with Gasteiger partial charge in [-0.15, -0.1) is 0 Å². The molecule has 0 radical (unpaired) electrons. The van der Waals surface area contributed by atoms with Gasteiger partial charge >= 0.3 is 0 Å². The van der Waals surface area contributed by atoms with Gasteiger partial charge in [0.1, 0.15) is 6.54 Å². The summed E-state index contributed by atoms with van der Waals surface area (Å²) < 4.78 is 7.66. The summed E-state index contributed by atoms with van der Waals surface area (Å²) in [5.74, 6) is 0.502. The molecule has 4 aromatic rings. The molecule has 0 aliphatic heterocycles. The van der Waals surface area contributed by atoms with Gasteiger partial charge in [0.2, 0.25) is 11.7 Å². The van der Waals surface area contributed by atoms with Crippen molar-refractivity contribution < 1.29 is 9.32 Å². The molecule has 0 bridgehead atoms. The van der Waals surface area contributed by atoms with E-state index in [1.807, 2.05) is 42.5 Å². The maximum Gasteiger partial charge on any atom is 0.259 e. The van der Waals surface area contributed by atoms with Crippen LogP contribution in [0.2, 0.25) is 0 Å². The van der Waals surface area contributed by atoms with Gasteiger partial charge in [-0.25, -0.2) is 0 Å². The number of pyridine rings is 1. The number of nitrogens with zero attached hydrogens (tertiary/aromatic N) is 3. The van der Waals surface area contributed by atoms with Crippen LogP contribution in [0.4, 0.5) is 0 Å². The minimum atomic E-state index is -0.276. The van der Waals surface area contributed by atoms with Crippen LogP contribution in [-0.2, 0) is 17.8 Å². The zero-order valence-electron chi connectivity index (χ0n) is 17.0. The molecule has 7 nitrogen and oxygen atoms in total. The Morgan fingerprint density at radius 2 is 2.00 bits per heavy atom. The topological polar surface area (TPSA) is 90.0 Å². The summed E-state index contributed by atoms with van der Waals surface area (Å²) >= 11 is 3.43. The molecule has 0 saturated carbocycles. The molecule has 2 heterocycles. The van der Waals surface area contributed by atoms with E-state index < -0.39 is 0 Å². The Balaban J connectivity index is 1.33. The highest BCUT2D eigenvalue weighted by atomic mass is 79.9. The minimum Gasteiger partial charge on any atom is -0.348 e. The van der Waals surface area contributed by atoms with Crippen molar-refractivity contribution in [3.8, 4) is 22.8 Å². The highest BCUT2D eigenvalue weighted by Crippen LogP contribution is 2.30. The van der Waals surface area contributed by atoms with E-state index in [1.165, 1.54) is 16.2 Å². The average Bonchev–Trinajstić information content (AvgIpc) is 3.43. The number of fused-ring (bicyclic) bond motifs is 1. The van der Waals surface area contributed by atoms with Gasteiger partial charge in [0.05, 0.1) is 11.6 Å². The standard InChI is InChI=1S/C24H19BrN4O3/c25-18-6-3-5-16(12-18)23-27-24(32-28-23)17-9-11-22(31)29(13-17)14-21(30)26-20-10-8-15-4-1-2-7-19(15)20/h1-7,9,11-13,20H,8,10,14H2,(H,26,30). The van der Waals surface area contributed by atoms with Crippen molar-refractivity contribution in [2.24, 2.45) is 0 Å². The van der Waals surface area contributed by atoms with Crippen LogP contribution in [0.5, 0.6) is 0 Å². The molecule has 2 aromatic heterocycles. The molecule has 2 aromatic carbocycles. The highest BCUT2D eigenvalue weighted by molar-refractivity contribution is 9.10. The maximum atomic E-state index is 12.7. The van der Waals surface area contributed by atoms with Crippen LogP contribution >= 0.6 is 15.9 Å². The molecule has 160 valence electrons. The molecule has 1 N–H and O–H groups in total. The van der Waals surface area contributed by atoms with Crippen molar-refractivity contribution in [2.75, 3.05) is 0 Å². The molecule has 1 unspecified atom stereocenters. The zero-order valence-corrected chi connectivity index (χ0v) is 18.6. The fraction of sp³-hybridized carbons (Fsp3) is 0.167. The number of carbonyl (C=O) groups is 1. The van der Waals surface area contributed by atoms with Crippen LogP contribution in [0.1, 0.15) is 23.6 Å². The number of nitrogens with one attached hydrogen (secondary N) is 1. The van der Waals surface area contributed by atoms with Crippen LogP contribution in [-0.4, -0.2) is 20.6 Å². The Bertz CT molecular complexity index is 1360. The Morgan fingerprint density at radius 1 is 1.12 bits per heavy atom. The molecular formula is C24H19BrN4O3. The van der Waals surface area contributed by atoms with Crippen molar-refractivity contribution in [2.45, 2.75) is 25.4 Å². The van der Waals surface area contributed by atoms with Gasteiger partial charge in [0.25, 0.3) is 11.4 Å². The van der Waals surface area contributed by atoms with Crippen molar-refractivity contribution in [1.29, 1.82) is 0 Å². The van der Waals surface area contributed by atoms with E-state index in [0.29, 0.717) is 11.4 Å². The smallest absolute Gasteiger partial charge is 0.259 e. The highest BCUT2D eigenvalue weighted by Gasteiger charge is 2.23. The third-order valence-electron chi connectivity index (χ3n) is 5.52. The molecule has 8 heteroatoms. The van der Waals surface area contributed by atoms with Crippen LogP contribution in [0, 0.1) is 0 Å². The Hall–Kier alpha value is -3.52. The number of amides is 1. The van der Waals surface area contributed by atoms with Crippen LogP contribution < -0.4 is 10.9 Å². The van der Waals surface area contributed by atoms with E-state index in [-0.39, 0.29) is 29.9 Å². The monoisotopic (exact) mass is 490 g/mol. The first-order valence-electron chi connectivity index (χ1n) is 10.2. The first-order chi connectivity index (χ1) is 15.6. The first-order valence-corrected chi connectivity index (χ1v) is 11.0. The SMILES string of the molecule is O=C(Cn1cc(-c2nc(-c3cccc(Br)c3)no2)ccc1=O)NC1CCc2ccccc21. The minimum absolute atomic E-state index is 0.0266. The predicted octanol–water partition coefficient (Wildman–Crippen LogP) is 4.13. The fourth-order valence-electron chi connectivity index (χ4n) is 3.97. The van der Waals surface area contributed by atoms with E-state index in [9.17, 15) is 9.59 Å². The summed E-state index contributed by atoms with van der Waals surface area (Å²) in [4.78, 5) is 29.5. The Kier molecular flexibility index (Phi) is 5.45. The molecular weight excluding hydrogens is 472 g/mol. The molecule has 0 saturated heterocycles. The number of aryl methyl sites for hydroxylation is 1. The van der Waals surface area contributed by atoms with Crippen molar-refractivity contribution in [3.63, 3.8) is 0 Å². The third kappa shape index (κ3) is 4.13. The number of hydrogen-bond acceptors (Lipinski definition) is 5. The zero-order chi connectivity index (χ0) is 22.1. The number of hydrogen-bond donors (Lipinski definition) is 1. The van der Waals surface area contributed by atoms with E-state index in [4.69, 9.17) is 4.52 Å². The van der Waals surface area contributed by atoms with E-state index in [0.717, 1.165) is 28.4 Å². The second kappa shape index (κ2) is 8.55. The lowest BCUT2D eigenvalue weighted by Gasteiger charge is -2.15. The normalized spacial score (nSPS) is 14.8. The van der Waals surface area contributed by atoms with E-state index in [2.05, 4.69) is 37.5 Å². The van der Waals surface area contributed by atoms with Gasteiger partial charge < -0.3 is 14.4 Å². The number of rotatable bonds is 5. The number of aromatic nitrogens is 3. The van der Waals surface area contributed by atoms with Crippen LogP contribution in [0.3, 0.4) is 0 Å². The van der Waals surface area contributed by atoms with Gasteiger partial charge in [-0.05, 0) is 42.2 Å². The molecule has 5 rings (SSSR count). The maximum absolute atomic E-state index is 12.7. The second-order valence-corrected chi connectivity index (χ2v) is 8.59. The summed E-state index contributed by atoms with van der Waals surface area (Å²) in [5, 5.41) is 7.08. The van der Waals surface area contributed by atoms with Crippen LogP contribution in [0.15, 0.2) is 80.7 Å². The van der Waals surface area contributed by atoms with Crippen LogP contribution in [0.25, 0.3) is 22.8 Å². The van der Waals surface area contributed by atoms with Gasteiger partial charge in [0.15, 0.2) is 0 Å². The first kappa shape index (κ1) is 20.4. The lowest BCUT2D eigenvalue weighted by Crippen LogP contribution is -2.33. The summed E-state index contributed by atoms with van der Waals surface area (Å²) in [5.41, 5.74) is 3.50. The second-order valence-electron chi connectivity index (χ2n) is 7.67. The number of benzene rings is 2. The van der Waals surface area contributed by atoms with Crippen molar-refractivity contribution >= 4 is 21.8 Å². The summed E-state index contributed by atoms with van der Waals surface area (Å²) in [6, 6.07) is 18.7. The van der Waals surface area contributed by atoms with Gasteiger partial charge in [-0.1, -0.05) is 57.5 Å². The van der Waals surface area contributed by atoms with Gasteiger partial charge in [-0.2, -0.15) is 4.98 Å². The fourth-order valence-corrected chi connectivity index (χ4v) is 4.37. The molecule has 1 aliphatic rings. The molecule has 32 heavy (non-hydrogen) atoms. The third-order valence-corrected chi connectivity index (χ3v) is 6.01. The number of halogens is 1. The van der Waals surface area contributed by atoms with Crippen molar-refractivity contribution in [3.05, 3.63) is 92.8 Å². The summed E-state index contributed by atoms with van der Waals surface area (Å²) in [6.07, 6.45) is 3.37. The molecule has 1 amide bonds. The summed E-state index contributed by atoms with van der Waals surface area (Å²) in [7, 11) is 0. The lowest BCUT2D eigenvalue weighted by molar-refractivity contribution is -0.122. The molecule has 1 atom stereocenters. The quantitative estimate of drug-likeness (QED) is 0.454. The van der Waals surface area contributed by atoms with Crippen molar-refractivity contribution in [1.82, 2.24) is 20.0 Å². The predicted molar refractivity (Wildman–Crippen MR) is 123 cm³/mol. The molecule has 0 fully saturated rings. The van der Waals surface area contributed by atoms with Gasteiger partial charge in [-0.3, -0.25) is 9.59 Å². The number of carbonyl (C=O) groups excluding carboxylic acids is 1. The average molecular weight is 491 g/mol. The summed E-state index contributed by atoms with van der Waals surface area (Å²) in [6.45, 7) is -0.0854. The van der Waals surface area contributed by atoms with E-state index in [1.54, 1.807) is 12.3 Å². The van der Waals surface area contributed by atoms with E-state index >= 15 is 0 Å². The van der Waals surface area contributed by atoms with Gasteiger partial charge in [0, 0.05) is 22.3 Å². The molecule has 0 spiro atoms. The molecule has 1 aliphatic carbocycles. The Labute approximate surface area is 192 Å². The largest absolute Gasteiger partial charge is 0.348 e. The Morgan fingerprint density at radius 3 is 2.88 bits per heavy atom.